The summed E-state index contributed by atoms with van der Waals surface area (Å²) >= 11 is 0. The van der Waals surface area contributed by atoms with E-state index in [1.165, 1.54) is 44.1 Å². The van der Waals surface area contributed by atoms with Crippen LogP contribution in [0.2, 0.25) is 0 Å². The summed E-state index contributed by atoms with van der Waals surface area (Å²) in [7, 11) is 0. The van der Waals surface area contributed by atoms with Crippen molar-refractivity contribution in [3.05, 3.63) is 37.0 Å². The Kier molecular flexibility index (Phi) is 5.22. The van der Waals surface area contributed by atoms with E-state index in [0.29, 0.717) is 18.6 Å². The molecule has 0 saturated heterocycles. The third-order valence-corrected chi connectivity index (χ3v) is 4.74. The highest BCUT2D eigenvalue weighted by Gasteiger charge is 2.39. The SMILES string of the molecule is C=CCOC(C)(OCC=C)C1=CC2(CCCC2)CCC1. The van der Waals surface area contributed by atoms with Crippen molar-refractivity contribution in [1.29, 1.82) is 0 Å². The van der Waals surface area contributed by atoms with Crippen molar-refractivity contribution in [3.8, 4) is 0 Å². The minimum Gasteiger partial charge on any atom is -0.342 e. The van der Waals surface area contributed by atoms with Crippen LogP contribution < -0.4 is 0 Å². The van der Waals surface area contributed by atoms with E-state index in [4.69, 9.17) is 9.47 Å². The van der Waals surface area contributed by atoms with Gasteiger partial charge in [-0.15, -0.1) is 13.2 Å². The molecule has 0 aromatic carbocycles. The zero-order valence-corrected chi connectivity index (χ0v) is 12.8. The molecule has 20 heavy (non-hydrogen) atoms. The van der Waals surface area contributed by atoms with E-state index in [9.17, 15) is 0 Å². The standard InChI is InChI=1S/C18H28O2/c1-4-13-19-17(3,20-14-5-2)16-9-8-12-18(15-16)10-6-7-11-18/h4-5,15H,1-2,6-14H2,3H3. The molecule has 1 saturated carbocycles. The van der Waals surface area contributed by atoms with Crippen molar-refractivity contribution in [3.63, 3.8) is 0 Å². The molecule has 0 amide bonds. The Morgan fingerprint density at radius 3 is 2.20 bits per heavy atom. The Morgan fingerprint density at radius 1 is 1.10 bits per heavy atom. The Labute approximate surface area is 123 Å². The van der Waals surface area contributed by atoms with Crippen LogP contribution in [0.25, 0.3) is 0 Å². The van der Waals surface area contributed by atoms with Gasteiger partial charge < -0.3 is 9.47 Å². The first kappa shape index (κ1) is 15.5. The van der Waals surface area contributed by atoms with E-state index < -0.39 is 5.79 Å². The van der Waals surface area contributed by atoms with Crippen LogP contribution in [0.1, 0.15) is 51.9 Å². The smallest absolute Gasteiger partial charge is 0.188 e. The monoisotopic (exact) mass is 276 g/mol. The summed E-state index contributed by atoms with van der Waals surface area (Å²) in [5, 5.41) is 0. The number of ether oxygens (including phenoxy) is 2. The molecule has 0 aromatic heterocycles. The lowest BCUT2D eigenvalue weighted by Crippen LogP contribution is -2.37. The first-order chi connectivity index (χ1) is 9.64. The molecule has 1 fully saturated rings. The molecule has 0 aliphatic heterocycles. The Balaban J connectivity index is 2.19. The summed E-state index contributed by atoms with van der Waals surface area (Å²) < 4.78 is 11.9. The van der Waals surface area contributed by atoms with Crippen molar-refractivity contribution in [2.45, 2.75) is 57.7 Å². The van der Waals surface area contributed by atoms with Gasteiger partial charge in [-0.3, -0.25) is 0 Å². The maximum absolute atomic E-state index is 5.97. The fraction of sp³-hybridized carbons (Fsp3) is 0.667. The quantitative estimate of drug-likeness (QED) is 0.492. The minimum atomic E-state index is -0.627. The first-order valence-corrected chi connectivity index (χ1v) is 7.86. The molecule has 0 aromatic rings. The topological polar surface area (TPSA) is 18.5 Å². The summed E-state index contributed by atoms with van der Waals surface area (Å²) in [5.74, 6) is -0.627. The van der Waals surface area contributed by atoms with Gasteiger partial charge in [-0.05, 0) is 50.0 Å². The van der Waals surface area contributed by atoms with Crippen LogP contribution in [0.3, 0.4) is 0 Å². The maximum atomic E-state index is 5.97. The van der Waals surface area contributed by atoms with Crippen LogP contribution in [-0.2, 0) is 9.47 Å². The van der Waals surface area contributed by atoms with Gasteiger partial charge in [0.2, 0.25) is 0 Å². The van der Waals surface area contributed by atoms with Gasteiger partial charge in [0.1, 0.15) is 0 Å². The molecular formula is C18H28O2. The molecule has 2 heteroatoms. The molecule has 2 aliphatic rings. The molecule has 2 rings (SSSR count). The highest BCUT2D eigenvalue weighted by Crippen LogP contribution is 2.49. The second-order valence-corrected chi connectivity index (χ2v) is 6.24. The van der Waals surface area contributed by atoms with E-state index in [1.54, 1.807) is 12.2 Å². The van der Waals surface area contributed by atoms with Crippen LogP contribution in [-0.4, -0.2) is 19.0 Å². The van der Waals surface area contributed by atoms with Gasteiger partial charge in [0.25, 0.3) is 0 Å². The molecule has 2 aliphatic carbocycles. The highest BCUT2D eigenvalue weighted by atomic mass is 16.7. The molecule has 112 valence electrons. The Hall–Kier alpha value is -0.860. The molecule has 1 spiro atoms. The number of allylic oxidation sites excluding steroid dienone is 1. The van der Waals surface area contributed by atoms with E-state index in [-0.39, 0.29) is 0 Å². The second kappa shape index (κ2) is 6.73. The third kappa shape index (κ3) is 3.42. The van der Waals surface area contributed by atoms with Gasteiger partial charge in [-0.25, -0.2) is 0 Å². The lowest BCUT2D eigenvalue weighted by molar-refractivity contribution is -0.189. The summed E-state index contributed by atoms with van der Waals surface area (Å²) in [4.78, 5) is 0. The normalized spacial score (nSPS) is 21.8. The third-order valence-electron chi connectivity index (χ3n) is 4.74. The van der Waals surface area contributed by atoms with Crippen LogP contribution in [0, 0.1) is 5.41 Å². The predicted octanol–water partition coefficient (Wildman–Crippen LogP) is 4.78. The largest absolute Gasteiger partial charge is 0.342 e. The van der Waals surface area contributed by atoms with Gasteiger partial charge in [0.05, 0.1) is 13.2 Å². The molecule has 0 heterocycles. The number of hydrogen-bond acceptors (Lipinski definition) is 2. The number of rotatable bonds is 7. The maximum Gasteiger partial charge on any atom is 0.188 e. The minimum absolute atomic E-state index is 0.421. The molecule has 2 nitrogen and oxygen atoms in total. The van der Waals surface area contributed by atoms with Crippen LogP contribution >= 0.6 is 0 Å². The van der Waals surface area contributed by atoms with E-state index in [1.807, 2.05) is 6.92 Å². The van der Waals surface area contributed by atoms with Gasteiger partial charge in [0.15, 0.2) is 5.79 Å². The Morgan fingerprint density at radius 2 is 1.65 bits per heavy atom. The average Bonchev–Trinajstić information content (AvgIpc) is 2.91. The van der Waals surface area contributed by atoms with Gasteiger partial charge >= 0.3 is 0 Å². The van der Waals surface area contributed by atoms with Gasteiger partial charge in [-0.1, -0.05) is 31.1 Å². The molecule has 0 bridgehead atoms. The molecule has 0 N–H and O–H groups in total. The van der Waals surface area contributed by atoms with Gasteiger partial charge in [0, 0.05) is 0 Å². The van der Waals surface area contributed by atoms with Gasteiger partial charge in [-0.2, -0.15) is 0 Å². The van der Waals surface area contributed by atoms with E-state index >= 15 is 0 Å². The van der Waals surface area contributed by atoms with Crippen molar-refractivity contribution >= 4 is 0 Å². The zero-order valence-electron chi connectivity index (χ0n) is 12.8. The van der Waals surface area contributed by atoms with E-state index in [0.717, 1.165) is 6.42 Å². The number of hydrogen-bond donors (Lipinski definition) is 0. The average molecular weight is 276 g/mol. The molecule has 0 radical (unpaired) electrons. The Bertz CT molecular complexity index is 363. The summed E-state index contributed by atoms with van der Waals surface area (Å²) in [6.45, 7) is 10.5. The van der Waals surface area contributed by atoms with Crippen molar-refractivity contribution in [2.75, 3.05) is 13.2 Å². The first-order valence-electron chi connectivity index (χ1n) is 7.86. The highest BCUT2D eigenvalue weighted by molar-refractivity contribution is 5.21. The summed E-state index contributed by atoms with van der Waals surface area (Å²) in [6.07, 6.45) is 15.1. The summed E-state index contributed by atoms with van der Waals surface area (Å²) in [5.41, 5.74) is 1.73. The second-order valence-electron chi connectivity index (χ2n) is 6.24. The van der Waals surface area contributed by atoms with Crippen LogP contribution in [0.15, 0.2) is 37.0 Å². The van der Waals surface area contributed by atoms with Crippen LogP contribution in [0.4, 0.5) is 0 Å². The van der Waals surface area contributed by atoms with Crippen molar-refractivity contribution < 1.29 is 9.47 Å². The van der Waals surface area contributed by atoms with Crippen molar-refractivity contribution in [1.82, 2.24) is 0 Å². The van der Waals surface area contributed by atoms with Crippen molar-refractivity contribution in [2.24, 2.45) is 5.41 Å². The van der Waals surface area contributed by atoms with E-state index in [2.05, 4.69) is 19.2 Å². The lowest BCUT2D eigenvalue weighted by atomic mass is 9.73. The zero-order chi connectivity index (χ0) is 14.5. The molecular weight excluding hydrogens is 248 g/mol. The summed E-state index contributed by atoms with van der Waals surface area (Å²) in [6, 6.07) is 0. The van der Waals surface area contributed by atoms with Crippen LogP contribution in [0.5, 0.6) is 0 Å². The fourth-order valence-corrected chi connectivity index (χ4v) is 3.64. The predicted molar refractivity (Wildman–Crippen MR) is 83.5 cm³/mol. The lowest BCUT2D eigenvalue weighted by Gasteiger charge is -2.39. The molecule has 0 atom stereocenters. The fourth-order valence-electron chi connectivity index (χ4n) is 3.64. The molecule has 0 unspecified atom stereocenters.